The standard InChI is InChI=1S/C29H37.2ClH.Ti/c1-18-25-22-17-19-13-9-10-14-20(19)24(22)21-15-11-12-16-23(21)29(25,8)28(6,7)27(4,5)26(18,2)3;;;/h9-11,13-15,23H,12,16-17H2,1-8H3;2*1H;/q-1;;;+3/p-2. The number of hydrogen-bond donors (Lipinski definition) is 0. The summed E-state index contributed by atoms with van der Waals surface area (Å²) in [5, 5.41) is 0. The Balaban J connectivity index is 0.00000121. The van der Waals surface area contributed by atoms with Gasteiger partial charge in [0.25, 0.3) is 0 Å². The van der Waals surface area contributed by atoms with Crippen LogP contribution in [0.25, 0.3) is 5.57 Å². The fraction of sp³-hybridized carbons (Fsp3) is 0.552. The summed E-state index contributed by atoms with van der Waals surface area (Å²) in [7, 11) is 0. The van der Waals surface area contributed by atoms with Crippen molar-refractivity contribution < 1.29 is 46.5 Å². The van der Waals surface area contributed by atoms with E-state index in [4.69, 9.17) is 0 Å². The van der Waals surface area contributed by atoms with Crippen LogP contribution >= 0.6 is 0 Å². The first-order valence-electron chi connectivity index (χ1n) is 11.6. The summed E-state index contributed by atoms with van der Waals surface area (Å²) in [6.45, 7) is 20.3. The molecule has 2 atom stereocenters. The zero-order chi connectivity index (χ0) is 21.0. The molecular formula is C29H37Cl2Ti. The van der Waals surface area contributed by atoms with Gasteiger partial charge in [0, 0.05) is 0 Å². The van der Waals surface area contributed by atoms with Crippen molar-refractivity contribution in [1.82, 2.24) is 0 Å². The Morgan fingerprint density at radius 1 is 0.906 bits per heavy atom. The van der Waals surface area contributed by atoms with Gasteiger partial charge in [-0.1, -0.05) is 113 Å². The maximum absolute atomic E-state index is 2.62. The quantitative estimate of drug-likeness (QED) is 0.375. The van der Waals surface area contributed by atoms with Crippen molar-refractivity contribution in [2.75, 3.05) is 0 Å². The molecule has 2 unspecified atom stereocenters. The number of halogens is 2. The molecule has 32 heavy (non-hydrogen) atoms. The topological polar surface area (TPSA) is 0 Å². The fourth-order valence-electron chi connectivity index (χ4n) is 7.57. The molecule has 5 rings (SSSR count). The van der Waals surface area contributed by atoms with E-state index in [2.05, 4.69) is 91.8 Å². The molecule has 0 heterocycles. The first-order chi connectivity index (χ1) is 13.5. The Hall–Kier alpha value is -0.396. The van der Waals surface area contributed by atoms with Crippen LogP contribution in [-0.4, -0.2) is 0 Å². The molecular weight excluding hydrogens is 467 g/mol. The first kappa shape index (κ1) is 27.8. The third kappa shape index (κ3) is 2.95. The van der Waals surface area contributed by atoms with Gasteiger partial charge in [-0.15, -0.1) is 6.92 Å². The second-order valence-electron chi connectivity index (χ2n) is 11.8. The average molecular weight is 504 g/mol. The van der Waals surface area contributed by atoms with Crippen molar-refractivity contribution in [3.63, 3.8) is 0 Å². The molecule has 0 nitrogen and oxygen atoms in total. The van der Waals surface area contributed by atoms with Crippen LogP contribution < -0.4 is 24.8 Å². The zero-order valence-electron chi connectivity index (χ0n) is 20.9. The second-order valence-corrected chi connectivity index (χ2v) is 11.8. The third-order valence-corrected chi connectivity index (χ3v) is 10.8. The number of hydrogen-bond acceptors (Lipinski definition) is 0. The number of rotatable bonds is 0. The summed E-state index contributed by atoms with van der Waals surface area (Å²) in [4.78, 5) is 0. The molecule has 4 aliphatic rings. The smallest absolute Gasteiger partial charge is 1.00 e. The largest absolute Gasteiger partial charge is 3.00 e. The SMILES string of the molecule is C[C-]1C2=C3Cc4ccccc4C3=C3C=CCCC3C2(C)C(C)(C)C(C)(C)C1(C)C.[Cl-].[Cl-].[Ti+3]. The molecule has 1 aromatic carbocycles. The zero-order valence-corrected chi connectivity index (χ0v) is 24.0. The van der Waals surface area contributed by atoms with Gasteiger partial charge in [-0.25, -0.2) is 5.92 Å². The molecule has 1 radical (unpaired) electrons. The van der Waals surface area contributed by atoms with Crippen molar-refractivity contribution in [3.05, 3.63) is 70.2 Å². The minimum atomic E-state index is 0. The third-order valence-electron chi connectivity index (χ3n) is 10.8. The van der Waals surface area contributed by atoms with Gasteiger partial charge < -0.3 is 24.8 Å². The van der Waals surface area contributed by atoms with Crippen LogP contribution in [0.15, 0.2) is 53.1 Å². The normalized spacial score (nSPS) is 30.1. The molecule has 3 heteroatoms. The molecule has 1 fully saturated rings. The minimum absolute atomic E-state index is 0. The average Bonchev–Trinajstić information content (AvgIpc) is 3.05. The van der Waals surface area contributed by atoms with E-state index in [9.17, 15) is 0 Å². The summed E-state index contributed by atoms with van der Waals surface area (Å²) in [6, 6.07) is 9.16. The summed E-state index contributed by atoms with van der Waals surface area (Å²) in [5.74, 6) is 2.24. The van der Waals surface area contributed by atoms with E-state index in [0.29, 0.717) is 5.92 Å². The second kappa shape index (κ2) is 8.37. The molecule has 0 aromatic heterocycles. The summed E-state index contributed by atoms with van der Waals surface area (Å²) < 4.78 is 0. The Bertz CT molecular complexity index is 1010. The maximum Gasteiger partial charge on any atom is 3.00 e. The van der Waals surface area contributed by atoms with E-state index in [1.165, 1.54) is 24.0 Å². The molecule has 0 aliphatic heterocycles. The Kier molecular flexibility index (Phi) is 7.28. The molecule has 0 saturated heterocycles. The van der Waals surface area contributed by atoms with Gasteiger partial charge in [0.1, 0.15) is 0 Å². The maximum atomic E-state index is 2.62. The summed E-state index contributed by atoms with van der Waals surface area (Å²) >= 11 is 0. The van der Waals surface area contributed by atoms with Gasteiger partial charge in [0.2, 0.25) is 0 Å². The fourth-order valence-corrected chi connectivity index (χ4v) is 7.57. The Morgan fingerprint density at radius 3 is 2.19 bits per heavy atom. The van der Waals surface area contributed by atoms with Crippen molar-refractivity contribution in [3.8, 4) is 0 Å². The van der Waals surface area contributed by atoms with Crippen LogP contribution in [0.4, 0.5) is 0 Å². The molecule has 0 amide bonds. The molecule has 0 bridgehead atoms. The van der Waals surface area contributed by atoms with E-state index < -0.39 is 0 Å². The number of allylic oxidation sites excluding steroid dienone is 6. The molecule has 1 saturated carbocycles. The van der Waals surface area contributed by atoms with E-state index >= 15 is 0 Å². The van der Waals surface area contributed by atoms with Gasteiger partial charge in [-0.2, -0.15) is 11.1 Å². The first-order valence-corrected chi connectivity index (χ1v) is 11.6. The molecule has 0 N–H and O–H groups in total. The molecule has 0 spiro atoms. The monoisotopic (exact) mass is 503 g/mol. The summed E-state index contributed by atoms with van der Waals surface area (Å²) in [6.07, 6.45) is 8.50. The van der Waals surface area contributed by atoms with Crippen molar-refractivity contribution in [2.24, 2.45) is 27.6 Å². The molecule has 171 valence electrons. The summed E-state index contributed by atoms with van der Waals surface area (Å²) in [5.41, 5.74) is 10.3. The van der Waals surface area contributed by atoms with Gasteiger partial charge in [0.15, 0.2) is 0 Å². The number of benzene rings is 1. The van der Waals surface area contributed by atoms with Gasteiger partial charge >= 0.3 is 21.7 Å². The van der Waals surface area contributed by atoms with Crippen molar-refractivity contribution in [1.29, 1.82) is 0 Å². The van der Waals surface area contributed by atoms with Crippen LogP contribution in [0.1, 0.15) is 79.4 Å². The Labute approximate surface area is 223 Å². The number of fused-ring (bicyclic) bond motifs is 6. The van der Waals surface area contributed by atoms with Crippen LogP contribution in [0.2, 0.25) is 0 Å². The van der Waals surface area contributed by atoms with E-state index in [1.54, 1.807) is 28.2 Å². The molecule has 4 aliphatic carbocycles. The predicted molar refractivity (Wildman–Crippen MR) is 124 cm³/mol. The minimum Gasteiger partial charge on any atom is -1.00 e. The van der Waals surface area contributed by atoms with Gasteiger partial charge in [0.05, 0.1) is 0 Å². The van der Waals surface area contributed by atoms with Crippen LogP contribution in [0.3, 0.4) is 0 Å². The van der Waals surface area contributed by atoms with Crippen LogP contribution in [0, 0.1) is 33.5 Å². The molecule has 1 aromatic rings. The van der Waals surface area contributed by atoms with Gasteiger partial charge in [-0.3, -0.25) is 0 Å². The van der Waals surface area contributed by atoms with E-state index in [1.807, 2.05) is 0 Å². The van der Waals surface area contributed by atoms with Crippen LogP contribution in [0.5, 0.6) is 0 Å². The van der Waals surface area contributed by atoms with Crippen molar-refractivity contribution >= 4 is 5.57 Å². The van der Waals surface area contributed by atoms with Crippen LogP contribution in [-0.2, 0) is 28.1 Å². The van der Waals surface area contributed by atoms with E-state index in [0.717, 1.165) is 6.42 Å². The van der Waals surface area contributed by atoms with Gasteiger partial charge in [-0.05, 0) is 40.6 Å². The van der Waals surface area contributed by atoms with E-state index in [-0.39, 0.29) is 68.2 Å². The Morgan fingerprint density at radius 2 is 1.53 bits per heavy atom. The van der Waals surface area contributed by atoms with Crippen molar-refractivity contribution in [2.45, 2.75) is 74.7 Å². The predicted octanol–water partition coefficient (Wildman–Crippen LogP) is 1.97.